The molecule has 4 nitrogen and oxygen atoms in total. The van der Waals surface area contributed by atoms with Crippen molar-refractivity contribution in [3.05, 3.63) is 60.3 Å². The molecule has 3 aromatic rings. The molecular weight excluding hydrogens is 329 g/mol. The molecule has 0 fully saturated rings. The fourth-order valence-corrected chi connectivity index (χ4v) is 3.60. The van der Waals surface area contributed by atoms with E-state index in [1.807, 2.05) is 6.07 Å². The van der Waals surface area contributed by atoms with Crippen molar-refractivity contribution < 1.29 is 9.13 Å². The molecule has 1 atom stereocenters. The Balaban J connectivity index is 1.79. The van der Waals surface area contributed by atoms with Gasteiger partial charge in [-0.1, -0.05) is 6.08 Å². The third kappa shape index (κ3) is 2.94. The van der Waals surface area contributed by atoms with Gasteiger partial charge in [0.25, 0.3) is 0 Å². The summed E-state index contributed by atoms with van der Waals surface area (Å²) in [6, 6.07) is 8.63. The maximum atomic E-state index is 13.8. The smallest absolute Gasteiger partial charge is 0.138 e. The first-order valence-corrected chi connectivity index (χ1v) is 8.93. The van der Waals surface area contributed by atoms with E-state index in [1.165, 1.54) is 12.1 Å². The molecule has 0 aliphatic carbocycles. The normalized spacial score (nSPS) is 17.0. The predicted octanol–water partition coefficient (Wildman–Crippen LogP) is 4.70. The standard InChI is InChI=1S/C21H22FN3O/c1-3-25-10-7-14(8-11-25)19-13-18-16(6-9-23-21(18)24-19)17-12-15(22)4-5-20(17)26-2/h4-7,9-10,12-14H,3,8,11H2,1-2H3,(H,23,24). The Bertz CT molecular complexity index is 963. The summed E-state index contributed by atoms with van der Waals surface area (Å²) in [7, 11) is 1.60. The molecule has 1 aromatic carbocycles. The second kappa shape index (κ2) is 6.83. The molecule has 0 saturated heterocycles. The number of ether oxygens (including phenoxy) is 1. The average Bonchev–Trinajstić information content (AvgIpc) is 3.12. The highest BCUT2D eigenvalue weighted by molar-refractivity contribution is 5.95. The maximum Gasteiger partial charge on any atom is 0.138 e. The quantitative estimate of drug-likeness (QED) is 0.741. The Kier molecular flexibility index (Phi) is 4.37. The minimum atomic E-state index is -0.281. The number of methoxy groups -OCH3 is 1. The van der Waals surface area contributed by atoms with E-state index in [9.17, 15) is 4.39 Å². The molecule has 0 saturated carbocycles. The zero-order valence-corrected chi connectivity index (χ0v) is 15.0. The molecular formula is C21H22FN3O. The molecule has 0 radical (unpaired) electrons. The molecule has 134 valence electrons. The molecule has 4 rings (SSSR count). The first-order valence-electron chi connectivity index (χ1n) is 8.93. The first kappa shape index (κ1) is 16.6. The Morgan fingerprint density at radius 3 is 2.88 bits per heavy atom. The van der Waals surface area contributed by atoms with Gasteiger partial charge in [0.05, 0.1) is 7.11 Å². The topological polar surface area (TPSA) is 41.1 Å². The zero-order valence-electron chi connectivity index (χ0n) is 15.0. The molecule has 3 heterocycles. The third-order valence-corrected chi connectivity index (χ3v) is 5.07. The van der Waals surface area contributed by atoms with Gasteiger partial charge in [-0.2, -0.15) is 0 Å². The van der Waals surface area contributed by atoms with Crippen molar-refractivity contribution in [1.29, 1.82) is 0 Å². The highest BCUT2D eigenvalue weighted by atomic mass is 19.1. The van der Waals surface area contributed by atoms with Gasteiger partial charge in [0.1, 0.15) is 17.2 Å². The van der Waals surface area contributed by atoms with Crippen molar-refractivity contribution >= 4 is 11.0 Å². The van der Waals surface area contributed by atoms with Crippen LogP contribution >= 0.6 is 0 Å². The highest BCUT2D eigenvalue weighted by Gasteiger charge is 2.19. The van der Waals surface area contributed by atoms with Crippen LogP contribution in [0.1, 0.15) is 25.0 Å². The van der Waals surface area contributed by atoms with Crippen LogP contribution in [0.4, 0.5) is 4.39 Å². The van der Waals surface area contributed by atoms with Gasteiger partial charge in [0.15, 0.2) is 0 Å². The number of allylic oxidation sites excluding steroid dienone is 1. The molecule has 26 heavy (non-hydrogen) atoms. The van der Waals surface area contributed by atoms with Crippen LogP contribution in [0.3, 0.4) is 0 Å². The number of benzene rings is 1. The minimum Gasteiger partial charge on any atom is -0.496 e. The molecule has 0 spiro atoms. The van der Waals surface area contributed by atoms with Crippen LogP contribution < -0.4 is 4.74 Å². The van der Waals surface area contributed by atoms with E-state index in [-0.39, 0.29) is 5.82 Å². The van der Waals surface area contributed by atoms with Crippen molar-refractivity contribution in [2.45, 2.75) is 19.3 Å². The van der Waals surface area contributed by atoms with Crippen molar-refractivity contribution in [3.63, 3.8) is 0 Å². The Morgan fingerprint density at radius 1 is 1.27 bits per heavy atom. The van der Waals surface area contributed by atoms with Crippen LogP contribution in [0, 0.1) is 5.82 Å². The van der Waals surface area contributed by atoms with Gasteiger partial charge >= 0.3 is 0 Å². The van der Waals surface area contributed by atoms with E-state index < -0.39 is 0 Å². The monoisotopic (exact) mass is 351 g/mol. The summed E-state index contributed by atoms with van der Waals surface area (Å²) in [5, 5.41) is 0.984. The van der Waals surface area contributed by atoms with Gasteiger partial charge in [-0.25, -0.2) is 9.37 Å². The summed E-state index contributed by atoms with van der Waals surface area (Å²) >= 11 is 0. The van der Waals surface area contributed by atoms with Crippen LogP contribution in [0.25, 0.3) is 22.2 Å². The Morgan fingerprint density at radius 2 is 2.15 bits per heavy atom. The molecule has 0 bridgehead atoms. The van der Waals surface area contributed by atoms with Crippen molar-refractivity contribution in [1.82, 2.24) is 14.9 Å². The molecule has 0 amide bonds. The number of pyridine rings is 1. The third-order valence-electron chi connectivity index (χ3n) is 5.07. The van der Waals surface area contributed by atoms with E-state index in [4.69, 9.17) is 4.74 Å². The fraction of sp³-hybridized carbons (Fsp3) is 0.286. The summed E-state index contributed by atoms with van der Waals surface area (Å²) in [6.07, 6.45) is 7.22. The van der Waals surface area contributed by atoms with Crippen molar-refractivity contribution in [2.75, 3.05) is 20.2 Å². The van der Waals surface area contributed by atoms with Crippen molar-refractivity contribution in [3.8, 4) is 16.9 Å². The summed E-state index contributed by atoms with van der Waals surface area (Å²) < 4.78 is 19.3. The number of H-pyrrole nitrogens is 1. The lowest BCUT2D eigenvalue weighted by Gasteiger charge is -2.26. The number of hydrogen-bond acceptors (Lipinski definition) is 3. The van der Waals surface area contributed by atoms with Gasteiger partial charge in [0, 0.05) is 41.8 Å². The number of halogens is 1. The SMILES string of the molecule is CCN1C=CC(c2cc3c(-c4cc(F)ccc4OC)ccnc3[nH]2)CC1. The second-order valence-electron chi connectivity index (χ2n) is 6.56. The lowest BCUT2D eigenvalue weighted by atomic mass is 9.97. The number of aromatic nitrogens is 2. The van der Waals surface area contributed by atoms with Crippen LogP contribution in [0.15, 0.2) is 48.8 Å². The summed E-state index contributed by atoms with van der Waals surface area (Å²) in [5.41, 5.74) is 3.61. The Hall–Kier alpha value is -2.82. The second-order valence-corrected chi connectivity index (χ2v) is 6.56. The van der Waals surface area contributed by atoms with E-state index in [0.717, 1.165) is 47.4 Å². The first-order chi connectivity index (χ1) is 12.7. The molecule has 1 aliphatic heterocycles. The summed E-state index contributed by atoms with van der Waals surface area (Å²) in [5.74, 6) is 0.712. The van der Waals surface area contributed by atoms with Gasteiger partial charge in [0.2, 0.25) is 0 Å². The Labute approximate surface area is 152 Å². The summed E-state index contributed by atoms with van der Waals surface area (Å²) in [4.78, 5) is 10.2. The largest absolute Gasteiger partial charge is 0.496 e. The fourth-order valence-electron chi connectivity index (χ4n) is 3.60. The molecule has 5 heteroatoms. The number of fused-ring (bicyclic) bond motifs is 1. The molecule has 1 N–H and O–H groups in total. The lowest BCUT2D eigenvalue weighted by Crippen LogP contribution is -2.23. The van der Waals surface area contributed by atoms with E-state index in [0.29, 0.717) is 11.7 Å². The number of nitrogens with zero attached hydrogens (tertiary/aromatic N) is 2. The zero-order chi connectivity index (χ0) is 18.1. The van der Waals surface area contributed by atoms with Crippen LogP contribution in [-0.2, 0) is 0 Å². The highest BCUT2D eigenvalue weighted by Crippen LogP contribution is 2.37. The number of aromatic amines is 1. The maximum absolute atomic E-state index is 13.8. The summed E-state index contributed by atoms with van der Waals surface area (Å²) in [6.45, 7) is 4.24. The predicted molar refractivity (Wildman–Crippen MR) is 102 cm³/mol. The molecule has 1 aliphatic rings. The van der Waals surface area contributed by atoms with Crippen LogP contribution in [0.5, 0.6) is 5.75 Å². The number of rotatable bonds is 4. The van der Waals surface area contributed by atoms with Gasteiger partial charge in [-0.15, -0.1) is 0 Å². The van der Waals surface area contributed by atoms with Gasteiger partial charge in [-0.05, 0) is 55.4 Å². The molecule has 2 aromatic heterocycles. The van der Waals surface area contributed by atoms with Crippen molar-refractivity contribution in [2.24, 2.45) is 0 Å². The van der Waals surface area contributed by atoms with E-state index >= 15 is 0 Å². The van der Waals surface area contributed by atoms with Gasteiger partial charge < -0.3 is 14.6 Å². The van der Waals surface area contributed by atoms with Crippen LogP contribution in [0.2, 0.25) is 0 Å². The molecule has 1 unspecified atom stereocenters. The lowest BCUT2D eigenvalue weighted by molar-refractivity contribution is 0.359. The van der Waals surface area contributed by atoms with E-state index in [2.05, 4.69) is 40.1 Å². The van der Waals surface area contributed by atoms with Gasteiger partial charge in [-0.3, -0.25) is 0 Å². The average molecular weight is 351 g/mol. The van der Waals surface area contributed by atoms with Crippen LogP contribution in [-0.4, -0.2) is 35.1 Å². The minimum absolute atomic E-state index is 0.281. The number of nitrogens with one attached hydrogen (secondary N) is 1. The number of hydrogen-bond donors (Lipinski definition) is 1. The van der Waals surface area contributed by atoms with E-state index in [1.54, 1.807) is 19.4 Å².